The molecule has 0 aliphatic carbocycles. The Labute approximate surface area is 47.9 Å². The van der Waals surface area contributed by atoms with Crippen molar-refractivity contribution in [3.63, 3.8) is 0 Å². The summed E-state index contributed by atoms with van der Waals surface area (Å²) in [5.41, 5.74) is 11.0. The largest absolute Gasteiger partial charge is 2.00 e. The third-order valence-corrected chi connectivity index (χ3v) is 0. The Balaban J connectivity index is -0.0000000275. The van der Waals surface area contributed by atoms with Gasteiger partial charge in [0.1, 0.15) is 0 Å². The maximum absolute atomic E-state index is 6.25. The van der Waals surface area contributed by atoms with Gasteiger partial charge in [0.25, 0.3) is 0 Å². The summed E-state index contributed by atoms with van der Waals surface area (Å²) in [5, 5.41) is 0. The Morgan fingerprint density at radius 3 is 1.67 bits per heavy atom. The molecule has 0 aromatic carbocycles. The molecular weight excluding hydrogens is 123 g/mol. The Hall–Kier alpha value is -0.296. The number of nitrogens with one attached hydrogen (secondary N) is 1. The Morgan fingerprint density at radius 1 is 1.67 bits per heavy atom. The van der Waals surface area contributed by atoms with Crippen molar-refractivity contribution in [2.45, 2.75) is 0 Å². The van der Waals surface area contributed by atoms with E-state index in [1.54, 1.807) is 0 Å². The summed E-state index contributed by atoms with van der Waals surface area (Å²) < 4.78 is 0. The predicted octanol–water partition coefficient (Wildman–Crippen LogP) is 1.59. The summed E-state index contributed by atoms with van der Waals surface area (Å²) in [4.78, 5) is 0. The molecule has 0 aliphatic rings. The number of hydrogen-bond acceptors (Lipinski definition) is 1. The maximum atomic E-state index is 6.25. The van der Waals surface area contributed by atoms with Crippen molar-refractivity contribution in [3.05, 3.63) is 25.1 Å². The van der Waals surface area contributed by atoms with Crippen molar-refractivity contribution in [2.24, 2.45) is 0 Å². The average Bonchev–Trinajstić information content (AvgIpc) is 1.46. The van der Waals surface area contributed by atoms with Crippen molar-refractivity contribution in [1.29, 1.82) is 5.53 Å². The molecular formula is C3H6N2Ni. The van der Waals surface area contributed by atoms with Crippen molar-refractivity contribution >= 4 is 0 Å². The minimum absolute atomic E-state index is 0. The molecule has 0 atom stereocenters. The van der Waals surface area contributed by atoms with Crippen LogP contribution in [0.2, 0.25) is 0 Å². The Morgan fingerprint density at radius 2 is 1.67 bits per heavy atom. The van der Waals surface area contributed by atoms with E-state index in [0.29, 0.717) is 0 Å². The van der Waals surface area contributed by atoms with E-state index in [0.717, 1.165) is 0 Å². The van der Waals surface area contributed by atoms with Crippen LogP contribution in [0.25, 0.3) is 5.53 Å². The summed E-state index contributed by atoms with van der Waals surface area (Å²) >= 11 is 0. The molecule has 0 heterocycles. The molecule has 0 unspecified atom stereocenters. The van der Waals surface area contributed by atoms with Gasteiger partial charge in [-0.3, -0.25) is 0 Å². The average molecular weight is 129 g/mol. The zero-order valence-corrected chi connectivity index (χ0v) is 4.24. The van der Waals surface area contributed by atoms with Crippen molar-refractivity contribution in [1.82, 2.24) is 0 Å². The topological polar surface area (TPSA) is 46.2 Å². The van der Waals surface area contributed by atoms with Crippen LogP contribution in [0, 0.1) is 12.5 Å². The van der Waals surface area contributed by atoms with Gasteiger partial charge >= 0.3 is 16.5 Å². The van der Waals surface area contributed by atoms with Gasteiger partial charge < -0.3 is 11.1 Å². The molecule has 0 amide bonds. The Bertz CT molecular complexity index is 22.8. The van der Waals surface area contributed by atoms with Gasteiger partial charge in [0.2, 0.25) is 0 Å². The molecule has 0 rings (SSSR count). The number of nitrogens with zero attached hydrogens (tertiary/aromatic N) is 1. The molecule has 6 heavy (non-hydrogen) atoms. The molecule has 0 saturated carbocycles. The summed E-state index contributed by atoms with van der Waals surface area (Å²) in [5.74, 6) is 0. The first-order valence-corrected chi connectivity index (χ1v) is 1.04. The fourth-order valence-corrected chi connectivity index (χ4v) is 0. The second-order valence-corrected chi connectivity index (χ2v) is 0.289. The van der Waals surface area contributed by atoms with E-state index in [1.165, 1.54) is 6.08 Å². The predicted molar refractivity (Wildman–Crippen MR) is 21.6 cm³/mol. The van der Waals surface area contributed by atoms with Gasteiger partial charge in [-0.2, -0.15) is 0 Å². The first kappa shape index (κ1) is 17.3. The van der Waals surface area contributed by atoms with E-state index < -0.39 is 0 Å². The second kappa shape index (κ2) is 130. The van der Waals surface area contributed by atoms with E-state index in [-0.39, 0.29) is 16.5 Å². The van der Waals surface area contributed by atoms with Gasteiger partial charge in [0, 0.05) is 0 Å². The fraction of sp³-hybridized carbons (Fsp3) is 0. The Kier molecular flexibility index (Phi) is 375. The van der Waals surface area contributed by atoms with Gasteiger partial charge in [-0.05, 0) is 0 Å². The zero-order chi connectivity index (χ0) is 4.71. The molecule has 0 spiro atoms. The van der Waals surface area contributed by atoms with E-state index in [1.807, 2.05) is 0 Å². The second-order valence-electron chi connectivity index (χ2n) is 0.289. The van der Waals surface area contributed by atoms with E-state index in [9.17, 15) is 0 Å². The van der Waals surface area contributed by atoms with E-state index >= 15 is 0 Å². The fourth-order valence-electron chi connectivity index (χ4n) is 0. The summed E-state index contributed by atoms with van der Waals surface area (Å²) in [6.07, 6.45) is 1.50. The van der Waals surface area contributed by atoms with Crippen LogP contribution in [0.1, 0.15) is 0 Å². The van der Waals surface area contributed by atoms with Gasteiger partial charge in [0.15, 0.2) is 0 Å². The molecule has 1 N–H and O–H groups in total. The van der Waals surface area contributed by atoms with Crippen LogP contribution in [0.15, 0.2) is 12.7 Å². The minimum Gasteiger partial charge on any atom is -0.715 e. The monoisotopic (exact) mass is 128 g/mol. The molecule has 0 fully saturated rings. The number of allylic oxidation sites excluding steroid dienone is 1. The molecule has 0 radical (unpaired) electrons. The summed E-state index contributed by atoms with van der Waals surface area (Å²) in [6.45, 7) is 6.50. The molecule has 38 valence electrons. The maximum Gasteiger partial charge on any atom is 2.00 e. The minimum atomic E-state index is 0. The molecule has 0 aromatic rings. The van der Waals surface area contributed by atoms with Crippen LogP contribution < -0.4 is 0 Å². The van der Waals surface area contributed by atoms with Gasteiger partial charge in [-0.1, -0.05) is 0 Å². The molecule has 0 aliphatic heterocycles. The molecule has 2 nitrogen and oxygen atoms in total. The van der Waals surface area contributed by atoms with E-state index in [4.69, 9.17) is 11.1 Å². The first-order valence-electron chi connectivity index (χ1n) is 1.04. The zero-order valence-electron chi connectivity index (χ0n) is 3.26. The summed E-state index contributed by atoms with van der Waals surface area (Å²) in [6, 6.07) is 0. The molecule has 0 bridgehead atoms. The SMILES string of the molecule is C=C[CH2-].[N-]=N.[Ni+2]. The normalized spacial score (nSPS) is 2.67. The third-order valence-electron chi connectivity index (χ3n) is 0. The third kappa shape index (κ3) is 308. The van der Waals surface area contributed by atoms with Crippen LogP contribution in [0.4, 0.5) is 0 Å². The van der Waals surface area contributed by atoms with Gasteiger partial charge in [-0.25, -0.2) is 19.6 Å². The standard InChI is InChI=1S/C3H5.HN2.Ni/c1-3-2;1-2;/h3H,1-2H2;1H;/q2*-1;+2. The van der Waals surface area contributed by atoms with Crippen LogP contribution in [0.3, 0.4) is 0 Å². The molecule has 0 saturated heterocycles. The van der Waals surface area contributed by atoms with E-state index in [2.05, 4.69) is 13.5 Å². The van der Waals surface area contributed by atoms with Gasteiger partial charge in [0.05, 0.1) is 0 Å². The quantitative estimate of drug-likeness (QED) is 0.293. The van der Waals surface area contributed by atoms with Crippen molar-refractivity contribution < 1.29 is 16.5 Å². The van der Waals surface area contributed by atoms with Gasteiger partial charge in [-0.15, -0.1) is 0 Å². The van der Waals surface area contributed by atoms with Crippen molar-refractivity contribution in [2.75, 3.05) is 0 Å². The number of rotatable bonds is 0. The van der Waals surface area contributed by atoms with Crippen LogP contribution in [-0.4, -0.2) is 0 Å². The molecule has 0 aromatic heterocycles. The summed E-state index contributed by atoms with van der Waals surface area (Å²) in [7, 11) is 0. The van der Waals surface area contributed by atoms with Crippen LogP contribution >= 0.6 is 0 Å². The number of hydrogen-bond donors (Lipinski definition) is 1. The van der Waals surface area contributed by atoms with Crippen LogP contribution in [0.5, 0.6) is 0 Å². The smallest absolute Gasteiger partial charge is 0.715 e. The van der Waals surface area contributed by atoms with Crippen LogP contribution in [-0.2, 0) is 16.5 Å². The first-order chi connectivity index (χ1) is 2.41. The molecule has 3 heteroatoms. The van der Waals surface area contributed by atoms with Crippen molar-refractivity contribution in [3.8, 4) is 0 Å².